The third kappa shape index (κ3) is 2.34. The lowest BCUT2D eigenvalue weighted by Gasteiger charge is -2.32. The third-order valence-corrected chi connectivity index (χ3v) is 4.85. The summed E-state index contributed by atoms with van der Waals surface area (Å²) in [7, 11) is 1.38. The topological polar surface area (TPSA) is 59.8 Å². The Kier molecular flexibility index (Phi) is 3.74. The second-order valence-corrected chi connectivity index (χ2v) is 6.03. The van der Waals surface area contributed by atoms with Gasteiger partial charge in [0.2, 0.25) is 0 Å². The largest absolute Gasteiger partial charge is 0.467 e. The van der Waals surface area contributed by atoms with Gasteiger partial charge in [0.15, 0.2) is 5.76 Å². The summed E-state index contributed by atoms with van der Waals surface area (Å²) in [6.45, 7) is 1.85. The number of hydrogen-bond acceptors (Lipinski definition) is 4. The van der Waals surface area contributed by atoms with Crippen molar-refractivity contribution in [2.45, 2.75) is 51.1 Å². The second-order valence-electron chi connectivity index (χ2n) is 6.03. The number of esters is 1. The van der Waals surface area contributed by atoms with Gasteiger partial charge >= 0.3 is 5.97 Å². The third-order valence-electron chi connectivity index (χ3n) is 4.85. The molecule has 1 aromatic heterocycles. The van der Waals surface area contributed by atoms with Crippen LogP contribution in [-0.2, 0) is 9.53 Å². The minimum atomic E-state index is -0.472. The van der Waals surface area contributed by atoms with Gasteiger partial charge in [-0.25, -0.2) is 4.79 Å². The van der Waals surface area contributed by atoms with Crippen LogP contribution >= 0.6 is 0 Å². The Labute approximate surface area is 124 Å². The Hall–Kier alpha value is -1.78. The highest BCUT2D eigenvalue weighted by Gasteiger charge is 2.48. The zero-order valence-electron chi connectivity index (χ0n) is 12.5. The number of rotatable bonds is 2. The number of nitrogens with zero attached hydrogens (tertiary/aromatic N) is 1. The predicted molar refractivity (Wildman–Crippen MR) is 75.8 cm³/mol. The van der Waals surface area contributed by atoms with Crippen molar-refractivity contribution in [3.05, 3.63) is 23.7 Å². The van der Waals surface area contributed by atoms with E-state index in [4.69, 9.17) is 9.15 Å². The van der Waals surface area contributed by atoms with E-state index < -0.39 is 6.04 Å². The molecule has 2 fully saturated rings. The SMILES string of the molecule is COC(=O)[C@@H]1C[C@H]2CCCC[C@@H]2N1C(=O)c1occc1C. The number of carbonyl (C=O) groups excluding carboxylic acids is 2. The first-order valence-electron chi connectivity index (χ1n) is 7.58. The number of ether oxygens (including phenoxy) is 1. The van der Waals surface area contributed by atoms with Gasteiger partial charge in [-0.2, -0.15) is 0 Å². The molecule has 1 saturated carbocycles. The number of methoxy groups -OCH3 is 1. The van der Waals surface area contributed by atoms with Crippen LogP contribution in [0.3, 0.4) is 0 Å². The molecule has 5 heteroatoms. The van der Waals surface area contributed by atoms with Gasteiger partial charge in [-0.1, -0.05) is 12.8 Å². The number of fused-ring (bicyclic) bond motifs is 1. The fourth-order valence-electron chi connectivity index (χ4n) is 3.81. The summed E-state index contributed by atoms with van der Waals surface area (Å²) in [6, 6.07) is 1.44. The van der Waals surface area contributed by atoms with Crippen LogP contribution in [0.5, 0.6) is 0 Å². The normalized spacial score (nSPS) is 28.3. The monoisotopic (exact) mass is 291 g/mol. The van der Waals surface area contributed by atoms with Crippen molar-refractivity contribution in [3.63, 3.8) is 0 Å². The summed E-state index contributed by atoms with van der Waals surface area (Å²) in [4.78, 5) is 26.6. The van der Waals surface area contributed by atoms with Crippen molar-refractivity contribution in [1.29, 1.82) is 0 Å². The first-order chi connectivity index (χ1) is 10.1. The summed E-state index contributed by atoms with van der Waals surface area (Å²) in [5, 5.41) is 0. The summed E-state index contributed by atoms with van der Waals surface area (Å²) >= 11 is 0. The smallest absolute Gasteiger partial charge is 0.328 e. The number of amides is 1. The van der Waals surface area contributed by atoms with Crippen molar-refractivity contribution in [2.24, 2.45) is 5.92 Å². The molecule has 0 aromatic carbocycles. The highest BCUT2D eigenvalue weighted by Crippen LogP contribution is 2.41. The quantitative estimate of drug-likeness (QED) is 0.786. The van der Waals surface area contributed by atoms with Crippen LogP contribution in [0.2, 0.25) is 0 Å². The molecule has 2 heterocycles. The maximum Gasteiger partial charge on any atom is 0.328 e. The number of furan rings is 1. The fraction of sp³-hybridized carbons (Fsp3) is 0.625. The molecule has 1 saturated heterocycles. The van der Waals surface area contributed by atoms with E-state index in [0.29, 0.717) is 18.1 Å². The minimum Gasteiger partial charge on any atom is -0.467 e. The molecule has 1 amide bonds. The summed E-state index contributed by atoms with van der Waals surface area (Å²) in [6.07, 6.45) is 6.56. The standard InChI is InChI=1S/C16H21NO4/c1-10-7-8-21-14(10)15(18)17-12-6-4-3-5-11(12)9-13(17)16(19)20-2/h7-8,11-13H,3-6,9H2,1-2H3/t11-,12+,13+/m1/s1. The van der Waals surface area contributed by atoms with Crippen LogP contribution in [0.15, 0.2) is 16.7 Å². The van der Waals surface area contributed by atoms with Gasteiger partial charge in [0, 0.05) is 11.6 Å². The molecule has 0 spiro atoms. The van der Waals surface area contributed by atoms with E-state index in [1.807, 2.05) is 6.92 Å². The van der Waals surface area contributed by atoms with Crippen molar-refractivity contribution >= 4 is 11.9 Å². The summed E-state index contributed by atoms with van der Waals surface area (Å²) in [5.41, 5.74) is 0.808. The molecule has 5 nitrogen and oxygen atoms in total. The molecule has 21 heavy (non-hydrogen) atoms. The molecule has 114 valence electrons. The molecule has 1 aromatic rings. The Balaban J connectivity index is 1.93. The van der Waals surface area contributed by atoms with Crippen molar-refractivity contribution in [1.82, 2.24) is 4.90 Å². The lowest BCUT2D eigenvalue weighted by atomic mass is 9.84. The maximum absolute atomic E-state index is 12.8. The Bertz CT molecular complexity index is 550. The second kappa shape index (κ2) is 5.54. The number of likely N-dealkylation sites (tertiary alicyclic amines) is 1. The van der Waals surface area contributed by atoms with Gasteiger partial charge in [0.05, 0.1) is 13.4 Å². The summed E-state index contributed by atoms with van der Waals surface area (Å²) in [5.74, 6) is 0.251. The lowest BCUT2D eigenvalue weighted by molar-refractivity contribution is -0.145. The first-order valence-corrected chi connectivity index (χ1v) is 7.58. The number of carbonyl (C=O) groups is 2. The van der Waals surface area contributed by atoms with E-state index in [9.17, 15) is 9.59 Å². The van der Waals surface area contributed by atoms with E-state index in [2.05, 4.69) is 0 Å². The molecular formula is C16H21NO4. The van der Waals surface area contributed by atoms with Crippen LogP contribution in [0.4, 0.5) is 0 Å². The van der Waals surface area contributed by atoms with Gasteiger partial charge in [-0.3, -0.25) is 4.79 Å². The van der Waals surface area contributed by atoms with E-state index in [0.717, 1.165) is 24.8 Å². The van der Waals surface area contributed by atoms with Crippen LogP contribution in [0.25, 0.3) is 0 Å². The molecule has 0 bridgehead atoms. The zero-order valence-corrected chi connectivity index (χ0v) is 12.5. The molecule has 3 rings (SSSR count). The lowest BCUT2D eigenvalue weighted by Crippen LogP contribution is -2.46. The zero-order chi connectivity index (χ0) is 15.0. The van der Waals surface area contributed by atoms with E-state index in [-0.39, 0.29) is 17.9 Å². The van der Waals surface area contributed by atoms with Crippen LogP contribution in [-0.4, -0.2) is 36.0 Å². The van der Waals surface area contributed by atoms with Gasteiger partial charge in [0.25, 0.3) is 5.91 Å². The summed E-state index contributed by atoms with van der Waals surface area (Å²) < 4.78 is 10.2. The average molecular weight is 291 g/mol. The van der Waals surface area contributed by atoms with Crippen molar-refractivity contribution < 1.29 is 18.7 Å². The Morgan fingerprint density at radius 3 is 2.76 bits per heavy atom. The first kappa shape index (κ1) is 14.2. The molecular weight excluding hydrogens is 270 g/mol. The van der Waals surface area contributed by atoms with Crippen LogP contribution in [0.1, 0.15) is 48.2 Å². The predicted octanol–water partition coefficient (Wildman–Crippen LogP) is 2.53. The molecule has 0 unspecified atom stereocenters. The molecule has 0 radical (unpaired) electrons. The Morgan fingerprint density at radius 2 is 2.10 bits per heavy atom. The van der Waals surface area contributed by atoms with Crippen LogP contribution < -0.4 is 0 Å². The van der Waals surface area contributed by atoms with E-state index in [1.54, 1.807) is 11.0 Å². The molecule has 3 atom stereocenters. The number of aryl methyl sites for hydroxylation is 1. The van der Waals surface area contributed by atoms with Gasteiger partial charge in [-0.15, -0.1) is 0 Å². The van der Waals surface area contributed by atoms with Crippen LogP contribution in [0, 0.1) is 12.8 Å². The highest BCUT2D eigenvalue weighted by molar-refractivity contribution is 5.96. The highest BCUT2D eigenvalue weighted by atomic mass is 16.5. The fourth-order valence-corrected chi connectivity index (χ4v) is 3.81. The molecule has 1 aliphatic heterocycles. The van der Waals surface area contributed by atoms with Crippen molar-refractivity contribution in [2.75, 3.05) is 7.11 Å². The Morgan fingerprint density at radius 1 is 1.33 bits per heavy atom. The molecule has 0 N–H and O–H groups in total. The number of hydrogen-bond donors (Lipinski definition) is 0. The van der Waals surface area contributed by atoms with E-state index in [1.165, 1.54) is 19.8 Å². The van der Waals surface area contributed by atoms with Gasteiger partial charge in [0.1, 0.15) is 6.04 Å². The van der Waals surface area contributed by atoms with Gasteiger partial charge < -0.3 is 14.1 Å². The average Bonchev–Trinajstić information content (AvgIpc) is 3.09. The molecule has 1 aliphatic carbocycles. The van der Waals surface area contributed by atoms with Gasteiger partial charge in [-0.05, 0) is 38.2 Å². The maximum atomic E-state index is 12.8. The van der Waals surface area contributed by atoms with E-state index >= 15 is 0 Å². The van der Waals surface area contributed by atoms with Crippen molar-refractivity contribution in [3.8, 4) is 0 Å². The molecule has 2 aliphatic rings. The minimum absolute atomic E-state index is 0.139.